The van der Waals surface area contributed by atoms with Crippen molar-refractivity contribution in [3.8, 4) is 16.9 Å². The summed E-state index contributed by atoms with van der Waals surface area (Å²) in [7, 11) is 0. The molecule has 1 aromatic heterocycles. The van der Waals surface area contributed by atoms with E-state index in [4.69, 9.17) is 9.15 Å². The summed E-state index contributed by atoms with van der Waals surface area (Å²) in [5, 5.41) is 0.887. The van der Waals surface area contributed by atoms with Crippen molar-refractivity contribution in [3.05, 3.63) is 60.1 Å². The summed E-state index contributed by atoms with van der Waals surface area (Å²) in [5.41, 5.74) is 4.07. The van der Waals surface area contributed by atoms with E-state index in [1.165, 1.54) is 12.1 Å². The number of amides is 1. The van der Waals surface area contributed by atoms with Gasteiger partial charge in [0, 0.05) is 41.7 Å². The zero-order valence-electron chi connectivity index (χ0n) is 17.3. The summed E-state index contributed by atoms with van der Waals surface area (Å²) in [6, 6.07) is 10.1. The molecule has 29 heavy (non-hydrogen) atoms. The van der Waals surface area contributed by atoms with Crippen molar-refractivity contribution in [2.75, 3.05) is 19.7 Å². The molecule has 0 saturated heterocycles. The van der Waals surface area contributed by atoms with Gasteiger partial charge >= 0.3 is 0 Å². The molecule has 0 aliphatic heterocycles. The minimum Gasteiger partial charge on any atom is -0.493 e. The van der Waals surface area contributed by atoms with E-state index in [-0.39, 0.29) is 11.7 Å². The van der Waals surface area contributed by atoms with Gasteiger partial charge in [0.05, 0.1) is 12.9 Å². The van der Waals surface area contributed by atoms with Gasteiger partial charge in [-0.3, -0.25) is 4.79 Å². The van der Waals surface area contributed by atoms with E-state index in [9.17, 15) is 9.18 Å². The minimum atomic E-state index is -0.283. The predicted octanol–water partition coefficient (Wildman–Crippen LogP) is 5.91. The standard InChI is InChI=1S/C24H26FNO3/c1-5-26(6-2)24(27)12-16(4)19-13-20-21(17-8-10-18(25)11-9-17)15-29-23(20)14-22(19)28-7-3/h8-15H,5-7H2,1-4H3/b16-12+. The SMILES string of the molecule is CCOc1cc2occ(-c3ccc(F)cc3)c2cc1/C(C)=C/C(=O)N(CC)CC. The maximum Gasteiger partial charge on any atom is 0.246 e. The topological polar surface area (TPSA) is 42.7 Å². The first-order valence-corrected chi connectivity index (χ1v) is 9.90. The Morgan fingerprint density at radius 2 is 1.83 bits per heavy atom. The Bertz CT molecular complexity index is 1030. The molecule has 0 N–H and O–H groups in total. The van der Waals surface area contributed by atoms with E-state index < -0.39 is 0 Å². The summed E-state index contributed by atoms with van der Waals surface area (Å²) in [6.45, 7) is 9.56. The minimum absolute atomic E-state index is 0.0269. The van der Waals surface area contributed by atoms with Gasteiger partial charge in [0.2, 0.25) is 5.91 Å². The van der Waals surface area contributed by atoms with Crippen LogP contribution >= 0.6 is 0 Å². The highest BCUT2D eigenvalue weighted by Crippen LogP contribution is 2.37. The van der Waals surface area contributed by atoms with E-state index in [0.717, 1.165) is 27.6 Å². The number of hydrogen-bond donors (Lipinski definition) is 0. The molecular weight excluding hydrogens is 369 g/mol. The third kappa shape index (κ3) is 4.34. The van der Waals surface area contributed by atoms with E-state index >= 15 is 0 Å². The number of fused-ring (bicyclic) bond motifs is 1. The number of nitrogens with zero attached hydrogens (tertiary/aromatic N) is 1. The lowest BCUT2D eigenvalue weighted by molar-refractivity contribution is -0.125. The van der Waals surface area contributed by atoms with Crippen LogP contribution in [-0.4, -0.2) is 30.5 Å². The molecule has 2 aromatic carbocycles. The number of furan rings is 1. The van der Waals surface area contributed by atoms with Gasteiger partial charge in [-0.15, -0.1) is 0 Å². The van der Waals surface area contributed by atoms with Crippen molar-refractivity contribution < 1.29 is 18.3 Å². The van der Waals surface area contributed by atoms with Crippen LogP contribution in [-0.2, 0) is 4.79 Å². The molecule has 0 aliphatic carbocycles. The molecule has 0 bridgehead atoms. The van der Waals surface area contributed by atoms with E-state index in [1.807, 2.05) is 39.8 Å². The summed E-state index contributed by atoms with van der Waals surface area (Å²) >= 11 is 0. The molecule has 0 unspecified atom stereocenters. The number of halogens is 1. The number of benzene rings is 2. The summed E-state index contributed by atoms with van der Waals surface area (Å²) < 4.78 is 24.9. The van der Waals surface area contributed by atoms with Gasteiger partial charge in [0.15, 0.2) is 0 Å². The zero-order valence-corrected chi connectivity index (χ0v) is 17.3. The number of ether oxygens (including phenoxy) is 1. The van der Waals surface area contributed by atoms with Crippen molar-refractivity contribution in [2.45, 2.75) is 27.7 Å². The van der Waals surface area contributed by atoms with Crippen molar-refractivity contribution in [3.63, 3.8) is 0 Å². The van der Waals surface area contributed by atoms with Crippen LogP contribution in [0.2, 0.25) is 0 Å². The molecule has 4 nitrogen and oxygen atoms in total. The van der Waals surface area contributed by atoms with Crippen LogP contribution < -0.4 is 4.74 Å². The molecule has 1 amide bonds. The van der Waals surface area contributed by atoms with Gasteiger partial charge in [-0.2, -0.15) is 0 Å². The van der Waals surface area contributed by atoms with Crippen molar-refractivity contribution >= 4 is 22.4 Å². The van der Waals surface area contributed by atoms with Crippen molar-refractivity contribution in [2.24, 2.45) is 0 Å². The monoisotopic (exact) mass is 395 g/mol. The number of carbonyl (C=O) groups is 1. The largest absolute Gasteiger partial charge is 0.493 e. The number of carbonyl (C=O) groups excluding carboxylic acids is 1. The summed E-state index contributed by atoms with van der Waals surface area (Å²) in [5.74, 6) is 0.358. The highest BCUT2D eigenvalue weighted by atomic mass is 19.1. The molecule has 0 aliphatic rings. The van der Waals surface area contributed by atoms with Gasteiger partial charge < -0.3 is 14.1 Å². The Hall–Kier alpha value is -3.08. The highest BCUT2D eigenvalue weighted by molar-refractivity contribution is 6.00. The van der Waals surface area contributed by atoms with E-state index in [0.29, 0.717) is 31.0 Å². The molecule has 3 rings (SSSR count). The fraction of sp³-hybridized carbons (Fsp3) is 0.292. The average Bonchev–Trinajstić information content (AvgIpc) is 3.12. The molecule has 5 heteroatoms. The number of allylic oxidation sites excluding steroid dienone is 1. The molecule has 1 heterocycles. The quantitative estimate of drug-likeness (QED) is 0.467. The Morgan fingerprint density at radius 1 is 1.14 bits per heavy atom. The van der Waals surface area contributed by atoms with Crippen LogP contribution in [0.25, 0.3) is 27.7 Å². The predicted molar refractivity (Wildman–Crippen MR) is 114 cm³/mol. The highest BCUT2D eigenvalue weighted by Gasteiger charge is 2.16. The molecule has 0 spiro atoms. The van der Waals surface area contributed by atoms with Crippen molar-refractivity contribution in [1.82, 2.24) is 4.90 Å². The second-order valence-electron chi connectivity index (χ2n) is 6.77. The molecule has 152 valence electrons. The number of likely N-dealkylation sites (N-methyl/N-ethyl adjacent to an activating group) is 1. The zero-order chi connectivity index (χ0) is 21.0. The Morgan fingerprint density at radius 3 is 2.45 bits per heavy atom. The smallest absolute Gasteiger partial charge is 0.246 e. The lowest BCUT2D eigenvalue weighted by Crippen LogP contribution is -2.28. The first kappa shape index (κ1) is 20.6. The van der Waals surface area contributed by atoms with Crippen molar-refractivity contribution in [1.29, 1.82) is 0 Å². The fourth-order valence-corrected chi connectivity index (χ4v) is 3.38. The first-order valence-electron chi connectivity index (χ1n) is 9.90. The van der Waals surface area contributed by atoms with Crippen LogP contribution in [0.15, 0.2) is 53.2 Å². The lowest BCUT2D eigenvalue weighted by Gasteiger charge is -2.17. The van der Waals surface area contributed by atoms with Gasteiger partial charge in [-0.25, -0.2) is 4.39 Å². The lowest BCUT2D eigenvalue weighted by atomic mass is 9.99. The van der Waals surface area contributed by atoms with Crippen LogP contribution in [0.1, 0.15) is 33.3 Å². The Balaban J connectivity index is 2.11. The van der Waals surface area contributed by atoms with Gasteiger partial charge in [0.1, 0.15) is 17.1 Å². The van der Waals surface area contributed by atoms with E-state index in [1.54, 1.807) is 29.4 Å². The summed E-state index contributed by atoms with van der Waals surface area (Å²) in [4.78, 5) is 14.3. The molecule has 3 aromatic rings. The van der Waals surface area contributed by atoms with E-state index in [2.05, 4.69) is 0 Å². The van der Waals surface area contributed by atoms with Gasteiger partial charge in [-0.1, -0.05) is 12.1 Å². The molecular formula is C24H26FNO3. The molecule has 0 fully saturated rings. The maximum absolute atomic E-state index is 13.3. The van der Waals surface area contributed by atoms with Gasteiger partial charge in [0.25, 0.3) is 0 Å². The third-order valence-corrected chi connectivity index (χ3v) is 4.97. The number of rotatable bonds is 7. The second kappa shape index (κ2) is 8.95. The molecule has 0 atom stereocenters. The molecule has 0 saturated carbocycles. The van der Waals surface area contributed by atoms with Crippen LogP contribution in [0.4, 0.5) is 4.39 Å². The van der Waals surface area contributed by atoms with Crippen LogP contribution in [0, 0.1) is 5.82 Å². The van der Waals surface area contributed by atoms with Gasteiger partial charge in [-0.05, 0) is 57.0 Å². The first-order chi connectivity index (χ1) is 14.0. The number of hydrogen-bond acceptors (Lipinski definition) is 3. The maximum atomic E-state index is 13.3. The Kier molecular flexibility index (Phi) is 6.37. The van der Waals surface area contributed by atoms with Crippen LogP contribution in [0.3, 0.4) is 0 Å². The van der Waals surface area contributed by atoms with Crippen LogP contribution in [0.5, 0.6) is 5.75 Å². The molecule has 0 radical (unpaired) electrons. The third-order valence-electron chi connectivity index (χ3n) is 4.97. The fourth-order valence-electron chi connectivity index (χ4n) is 3.38. The average molecular weight is 395 g/mol. The second-order valence-corrected chi connectivity index (χ2v) is 6.77. The summed E-state index contributed by atoms with van der Waals surface area (Å²) in [6.07, 6.45) is 3.31. The normalized spacial score (nSPS) is 11.7. The Labute approximate surface area is 170 Å².